The predicted molar refractivity (Wildman–Crippen MR) is 85.9 cm³/mol. The Labute approximate surface area is 141 Å². The number of carbonyl (C=O) groups excluding carboxylic acids is 2. The fourth-order valence-electron chi connectivity index (χ4n) is 3.84. The minimum atomic E-state index is -0.275. The van der Waals surface area contributed by atoms with Crippen molar-refractivity contribution in [2.24, 2.45) is 5.92 Å². The Bertz CT molecular complexity index is 621. The van der Waals surface area contributed by atoms with E-state index in [1.54, 1.807) is 0 Å². The van der Waals surface area contributed by atoms with Crippen LogP contribution in [-0.2, 0) is 19.1 Å². The SMILES string of the molecule is O=C1CC[C@@H](COCC2C[C@H]3CO[C@H](c4ccccc4)N3C2=O)N1. The zero-order valence-electron chi connectivity index (χ0n) is 13.5. The first kappa shape index (κ1) is 15.6. The summed E-state index contributed by atoms with van der Waals surface area (Å²) in [5.74, 6) is 0.0908. The molecular formula is C18H22N2O4. The third-order valence-electron chi connectivity index (χ3n) is 5.06. The number of hydrogen-bond acceptors (Lipinski definition) is 4. The van der Waals surface area contributed by atoms with Gasteiger partial charge in [0, 0.05) is 12.0 Å². The van der Waals surface area contributed by atoms with Crippen molar-refractivity contribution in [3.05, 3.63) is 35.9 Å². The van der Waals surface area contributed by atoms with Gasteiger partial charge in [-0.3, -0.25) is 9.59 Å². The zero-order valence-corrected chi connectivity index (χ0v) is 13.5. The van der Waals surface area contributed by atoms with Gasteiger partial charge in [-0.1, -0.05) is 30.3 Å². The first-order chi connectivity index (χ1) is 11.7. The molecule has 1 aromatic carbocycles. The highest BCUT2D eigenvalue weighted by Gasteiger charge is 2.48. The molecule has 2 amide bonds. The summed E-state index contributed by atoms with van der Waals surface area (Å²) < 4.78 is 11.6. The fraction of sp³-hybridized carbons (Fsp3) is 0.556. The van der Waals surface area contributed by atoms with E-state index in [1.807, 2.05) is 35.2 Å². The molecule has 0 saturated carbocycles. The molecule has 0 radical (unpaired) electrons. The van der Waals surface area contributed by atoms with E-state index in [4.69, 9.17) is 9.47 Å². The molecule has 4 atom stereocenters. The summed E-state index contributed by atoms with van der Waals surface area (Å²) in [5.41, 5.74) is 1.02. The quantitative estimate of drug-likeness (QED) is 0.882. The molecule has 3 aliphatic rings. The Morgan fingerprint density at radius 2 is 2.04 bits per heavy atom. The molecule has 3 saturated heterocycles. The second-order valence-electron chi connectivity index (χ2n) is 6.77. The van der Waals surface area contributed by atoms with Crippen molar-refractivity contribution >= 4 is 11.8 Å². The van der Waals surface area contributed by atoms with Crippen LogP contribution in [0, 0.1) is 5.92 Å². The molecule has 128 valence electrons. The zero-order chi connectivity index (χ0) is 16.5. The predicted octanol–water partition coefficient (Wildman–Crippen LogP) is 1.23. The van der Waals surface area contributed by atoms with E-state index >= 15 is 0 Å². The van der Waals surface area contributed by atoms with Gasteiger partial charge in [0.05, 0.1) is 37.8 Å². The molecule has 1 aromatic rings. The number of rotatable bonds is 5. The van der Waals surface area contributed by atoms with Crippen molar-refractivity contribution in [3.8, 4) is 0 Å². The van der Waals surface area contributed by atoms with E-state index in [1.165, 1.54) is 0 Å². The maximum atomic E-state index is 12.7. The molecule has 3 fully saturated rings. The lowest BCUT2D eigenvalue weighted by atomic mass is 10.1. The Balaban J connectivity index is 1.33. The van der Waals surface area contributed by atoms with Crippen LogP contribution in [0.5, 0.6) is 0 Å². The molecule has 0 bridgehead atoms. The van der Waals surface area contributed by atoms with E-state index < -0.39 is 0 Å². The summed E-state index contributed by atoms with van der Waals surface area (Å²) >= 11 is 0. The van der Waals surface area contributed by atoms with Gasteiger partial charge in [0.25, 0.3) is 0 Å². The Morgan fingerprint density at radius 1 is 1.21 bits per heavy atom. The van der Waals surface area contributed by atoms with Crippen LogP contribution in [0.1, 0.15) is 31.1 Å². The highest BCUT2D eigenvalue weighted by Crippen LogP contribution is 2.39. The summed E-state index contributed by atoms with van der Waals surface area (Å²) in [6.07, 6.45) is 1.89. The van der Waals surface area contributed by atoms with Crippen LogP contribution in [0.3, 0.4) is 0 Å². The van der Waals surface area contributed by atoms with Crippen molar-refractivity contribution in [1.29, 1.82) is 0 Å². The average molecular weight is 330 g/mol. The lowest BCUT2D eigenvalue weighted by Crippen LogP contribution is -2.34. The standard InChI is InChI=1S/C18H22N2O4/c21-16-7-6-14(19-16)10-23-9-13-8-15-11-24-18(20(15)17(13)22)12-4-2-1-3-5-12/h1-5,13-15,18H,6-11H2,(H,19,21)/t13?,14-,15-,18+/m0/s1. The summed E-state index contributed by atoms with van der Waals surface area (Å²) in [5, 5.41) is 2.88. The van der Waals surface area contributed by atoms with Gasteiger partial charge in [0.2, 0.25) is 11.8 Å². The number of hydrogen-bond donors (Lipinski definition) is 1. The van der Waals surface area contributed by atoms with Crippen LogP contribution >= 0.6 is 0 Å². The topological polar surface area (TPSA) is 67.9 Å². The molecule has 1 unspecified atom stereocenters. The summed E-state index contributed by atoms with van der Waals surface area (Å²) in [6, 6.07) is 10.1. The van der Waals surface area contributed by atoms with E-state index in [-0.39, 0.29) is 36.0 Å². The lowest BCUT2D eigenvalue weighted by Gasteiger charge is -2.23. The number of carbonyl (C=O) groups is 2. The largest absolute Gasteiger partial charge is 0.378 e. The van der Waals surface area contributed by atoms with Gasteiger partial charge in [-0.2, -0.15) is 0 Å². The van der Waals surface area contributed by atoms with Gasteiger partial charge in [-0.05, 0) is 12.8 Å². The van der Waals surface area contributed by atoms with Crippen molar-refractivity contribution in [2.45, 2.75) is 37.6 Å². The maximum Gasteiger partial charge on any atom is 0.230 e. The summed E-state index contributed by atoms with van der Waals surface area (Å²) in [7, 11) is 0. The van der Waals surface area contributed by atoms with Gasteiger partial charge in [-0.15, -0.1) is 0 Å². The number of fused-ring (bicyclic) bond motifs is 1. The number of amides is 2. The van der Waals surface area contributed by atoms with Crippen molar-refractivity contribution < 1.29 is 19.1 Å². The number of nitrogens with zero attached hydrogens (tertiary/aromatic N) is 1. The average Bonchev–Trinajstić information content (AvgIpc) is 3.27. The highest BCUT2D eigenvalue weighted by molar-refractivity contribution is 5.82. The van der Waals surface area contributed by atoms with Crippen molar-refractivity contribution in [3.63, 3.8) is 0 Å². The van der Waals surface area contributed by atoms with Crippen molar-refractivity contribution in [2.75, 3.05) is 19.8 Å². The van der Waals surface area contributed by atoms with Gasteiger partial charge in [-0.25, -0.2) is 0 Å². The van der Waals surface area contributed by atoms with Crippen LogP contribution in [0.15, 0.2) is 30.3 Å². The molecule has 0 aromatic heterocycles. The van der Waals surface area contributed by atoms with E-state index in [0.29, 0.717) is 26.2 Å². The first-order valence-corrected chi connectivity index (χ1v) is 8.58. The van der Waals surface area contributed by atoms with E-state index in [9.17, 15) is 9.59 Å². The Morgan fingerprint density at radius 3 is 2.79 bits per heavy atom. The first-order valence-electron chi connectivity index (χ1n) is 8.58. The molecule has 0 aliphatic carbocycles. The van der Waals surface area contributed by atoms with Gasteiger partial charge in [0.15, 0.2) is 6.23 Å². The number of nitrogens with one attached hydrogen (secondary N) is 1. The monoisotopic (exact) mass is 330 g/mol. The fourth-order valence-corrected chi connectivity index (χ4v) is 3.84. The maximum absolute atomic E-state index is 12.7. The van der Waals surface area contributed by atoms with Gasteiger partial charge in [0.1, 0.15) is 0 Å². The van der Waals surface area contributed by atoms with Crippen LogP contribution in [0.4, 0.5) is 0 Å². The molecule has 6 nitrogen and oxygen atoms in total. The number of ether oxygens (including phenoxy) is 2. The third-order valence-corrected chi connectivity index (χ3v) is 5.06. The summed E-state index contributed by atoms with van der Waals surface area (Å²) in [4.78, 5) is 25.8. The van der Waals surface area contributed by atoms with Gasteiger partial charge < -0.3 is 19.7 Å². The van der Waals surface area contributed by atoms with Crippen LogP contribution in [0.2, 0.25) is 0 Å². The van der Waals surface area contributed by atoms with Gasteiger partial charge >= 0.3 is 0 Å². The molecule has 1 N–H and O–H groups in total. The number of benzene rings is 1. The normalized spacial score (nSPS) is 32.2. The van der Waals surface area contributed by atoms with E-state index in [2.05, 4.69) is 5.32 Å². The summed E-state index contributed by atoms with van der Waals surface area (Å²) in [6.45, 7) is 1.49. The van der Waals surface area contributed by atoms with E-state index in [0.717, 1.165) is 18.4 Å². The molecule has 3 heterocycles. The smallest absolute Gasteiger partial charge is 0.230 e. The second kappa shape index (κ2) is 6.53. The van der Waals surface area contributed by atoms with Crippen LogP contribution in [0.25, 0.3) is 0 Å². The van der Waals surface area contributed by atoms with Crippen LogP contribution in [-0.4, -0.2) is 48.6 Å². The Hall–Kier alpha value is -1.92. The minimum Gasteiger partial charge on any atom is -0.378 e. The Kier molecular flexibility index (Phi) is 4.24. The minimum absolute atomic E-state index is 0.0871. The molecular weight excluding hydrogens is 308 g/mol. The molecule has 0 spiro atoms. The second-order valence-corrected chi connectivity index (χ2v) is 6.77. The third kappa shape index (κ3) is 2.91. The highest BCUT2D eigenvalue weighted by atomic mass is 16.5. The molecule has 6 heteroatoms. The van der Waals surface area contributed by atoms with Crippen LogP contribution < -0.4 is 5.32 Å². The van der Waals surface area contributed by atoms with Crippen molar-refractivity contribution in [1.82, 2.24) is 10.2 Å². The molecule has 24 heavy (non-hydrogen) atoms. The lowest BCUT2D eigenvalue weighted by molar-refractivity contribution is -0.139. The molecule has 4 rings (SSSR count). The molecule has 3 aliphatic heterocycles.